The Morgan fingerprint density at radius 1 is 1.20 bits per heavy atom. The van der Waals surface area contributed by atoms with E-state index in [1.807, 2.05) is 13.8 Å². The molecule has 6 heteroatoms. The second-order valence-corrected chi connectivity index (χ2v) is 7.63. The van der Waals surface area contributed by atoms with Gasteiger partial charge < -0.3 is 4.52 Å². The second-order valence-electron chi connectivity index (χ2n) is 7.63. The van der Waals surface area contributed by atoms with Crippen LogP contribution in [0.25, 0.3) is 0 Å². The molecule has 2 aromatic rings. The van der Waals surface area contributed by atoms with Crippen LogP contribution in [0.15, 0.2) is 21.7 Å². The average molecular weight is 342 g/mol. The molecular weight excluding hydrogens is 316 g/mol. The van der Waals surface area contributed by atoms with Crippen LogP contribution in [-0.2, 0) is 13.1 Å². The SMILES string of the molecule is Cc1ncn(CC2CCN(Cc3cc(C4CC4)on3)CC2)c(=O)c1C. The van der Waals surface area contributed by atoms with Gasteiger partial charge in [0.05, 0.1) is 12.0 Å². The zero-order valence-corrected chi connectivity index (χ0v) is 15.1. The molecule has 0 unspecified atom stereocenters. The van der Waals surface area contributed by atoms with Gasteiger partial charge in [-0.05, 0) is 58.5 Å². The van der Waals surface area contributed by atoms with Crippen molar-refractivity contribution in [3.8, 4) is 0 Å². The van der Waals surface area contributed by atoms with Crippen molar-refractivity contribution in [3.63, 3.8) is 0 Å². The van der Waals surface area contributed by atoms with Gasteiger partial charge in [-0.15, -0.1) is 0 Å². The van der Waals surface area contributed by atoms with Crippen LogP contribution in [0.4, 0.5) is 0 Å². The average Bonchev–Trinajstić information content (AvgIpc) is 3.37. The third-order valence-electron chi connectivity index (χ3n) is 5.62. The van der Waals surface area contributed by atoms with E-state index in [1.54, 1.807) is 10.9 Å². The highest BCUT2D eigenvalue weighted by Crippen LogP contribution is 2.40. The van der Waals surface area contributed by atoms with Crippen molar-refractivity contribution in [2.45, 2.75) is 58.5 Å². The maximum Gasteiger partial charge on any atom is 0.256 e. The van der Waals surface area contributed by atoms with E-state index in [0.29, 0.717) is 11.8 Å². The fraction of sp³-hybridized carbons (Fsp3) is 0.632. The molecule has 25 heavy (non-hydrogen) atoms. The number of nitrogens with zero attached hydrogens (tertiary/aromatic N) is 4. The first-order chi connectivity index (χ1) is 12.1. The Morgan fingerprint density at radius 3 is 2.68 bits per heavy atom. The Labute approximate surface area is 147 Å². The lowest BCUT2D eigenvalue weighted by molar-refractivity contribution is 0.162. The third-order valence-corrected chi connectivity index (χ3v) is 5.62. The molecule has 0 aromatic carbocycles. The predicted molar refractivity (Wildman–Crippen MR) is 94.5 cm³/mol. The first kappa shape index (κ1) is 16.5. The molecule has 4 rings (SSSR count). The molecule has 1 saturated heterocycles. The minimum absolute atomic E-state index is 0.102. The summed E-state index contributed by atoms with van der Waals surface area (Å²) in [5.41, 5.74) is 2.74. The van der Waals surface area contributed by atoms with E-state index in [9.17, 15) is 4.79 Å². The molecular formula is C19H26N4O2. The number of aromatic nitrogens is 3. The van der Waals surface area contributed by atoms with Crippen LogP contribution >= 0.6 is 0 Å². The lowest BCUT2D eigenvalue weighted by Crippen LogP contribution is -2.36. The summed E-state index contributed by atoms with van der Waals surface area (Å²) in [6.07, 6.45) is 6.39. The molecule has 0 N–H and O–H groups in total. The molecule has 0 amide bonds. The van der Waals surface area contributed by atoms with Crippen molar-refractivity contribution in [2.24, 2.45) is 5.92 Å². The summed E-state index contributed by atoms with van der Waals surface area (Å²) in [7, 11) is 0. The smallest absolute Gasteiger partial charge is 0.256 e. The van der Waals surface area contributed by atoms with Crippen molar-refractivity contribution < 1.29 is 4.52 Å². The van der Waals surface area contributed by atoms with Gasteiger partial charge in [-0.3, -0.25) is 14.3 Å². The Bertz CT molecular complexity index is 798. The summed E-state index contributed by atoms with van der Waals surface area (Å²) < 4.78 is 7.22. The number of hydrogen-bond donors (Lipinski definition) is 0. The van der Waals surface area contributed by atoms with Crippen molar-refractivity contribution >= 4 is 0 Å². The van der Waals surface area contributed by atoms with Gasteiger partial charge in [0.15, 0.2) is 0 Å². The molecule has 134 valence electrons. The quantitative estimate of drug-likeness (QED) is 0.836. The molecule has 0 radical (unpaired) electrons. The van der Waals surface area contributed by atoms with Crippen LogP contribution in [0.5, 0.6) is 0 Å². The van der Waals surface area contributed by atoms with E-state index in [2.05, 4.69) is 21.1 Å². The van der Waals surface area contributed by atoms with Crippen LogP contribution in [-0.4, -0.2) is 32.7 Å². The summed E-state index contributed by atoms with van der Waals surface area (Å²) in [5.74, 6) is 2.22. The van der Waals surface area contributed by atoms with E-state index in [-0.39, 0.29) is 5.56 Å². The van der Waals surface area contributed by atoms with Crippen LogP contribution in [0.3, 0.4) is 0 Å². The summed E-state index contributed by atoms with van der Waals surface area (Å²) in [6.45, 7) is 7.48. The van der Waals surface area contributed by atoms with Crippen LogP contribution in [0, 0.1) is 19.8 Å². The molecule has 2 aliphatic rings. The van der Waals surface area contributed by atoms with E-state index in [4.69, 9.17) is 4.52 Å². The van der Waals surface area contributed by atoms with Gasteiger partial charge in [0, 0.05) is 36.3 Å². The van der Waals surface area contributed by atoms with Gasteiger partial charge in [-0.25, -0.2) is 4.98 Å². The molecule has 3 heterocycles. The minimum Gasteiger partial charge on any atom is -0.361 e. The van der Waals surface area contributed by atoms with Crippen molar-refractivity contribution in [3.05, 3.63) is 45.5 Å². The van der Waals surface area contributed by atoms with Crippen molar-refractivity contribution in [2.75, 3.05) is 13.1 Å². The third kappa shape index (κ3) is 3.68. The maximum atomic E-state index is 12.3. The Balaban J connectivity index is 1.30. The molecule has 0 bridgehead atoms. The van der Waals surface area contributed by atoms with Crippen molar-refractivity contribution in [1.82, 2.24) is 19.6 Å². The van der Waals surface area contributed by atoms with Gasteiger partial charge in [0.1, 0.15) is 5.76 Å². The lowest BCUT2D eigenvalue weighted by atomic mass is 9.96. The van der Waals surface area contributed by atoms with Gasteiger partial charge in [0.25, 0.3) is 5.56 Å². The molecule has 1 saturated carbocycles. The maximum absolute atomic E-state index is 12.3. The summed E-state index contributed by atoms with van der Waals surface area (Å²) in [6, 6.07) is 2.13. The fourth-order valence-electron chi connectivity index (χ4n) is 3.60. The monoisotopic (exact) mass is 342 g/mol. The summed E-state index contributed by atoms with van der Waals surface area (Å²) in [4.78, 5) is 19.1. The van der Waals surface area contributed by atoms with Crippen LogP contribution < -0.4 is 5.56 Å². The zero-order chi connectivity index (χ0) is 17.4. The largest absolute Gasteiger partial charge is 0.361 e. The van der Waals surface area contributed by atoms with E-state index in [1.165, 1.54) is 12.8 Å². The zero-order valence-electron chi connectivity index (χ0n) is 15.1. The van der Waals surface area contributed by atoms with Gasteiger partial charge in [0.2, 0.25) is 0 Å². The highest BCUT2D eigenvalue weighted by molar-refractivity contribution is 5.14. The Kier molecular flexibility index (Phi) is 4.46. The second kappa shape index (κ2) is 6.75. The minimum atomic E-state index is 0.102. The van der Waals surface area contributed by atoms with Crippen LogP contribution in [0.1, 0.15) is 54.3 Å². The predicted octanol–water partition coefficient (Wildman–Crippen LogP) is 2.64. The number of likely N-dealkylation sites (tertiary alicyclic amines) is 1. The van der Waals surface area contributed by atoms with Gasteiger partial charge in [-0.1, -0.05) is 5.16 Å². The first-order valence-electron chi connectivity index (χ1n) is 9.30. The number of piperidine rings is 1. The molecule has 1 aliphatic carbocycles. The molecule has 1 aliphatic heterocycles. The number of rotatable bonds is 5. The normalized spacial score (nSPS) is 19.4. The standard InChI is InChI=1S/C19H26N4O2/c1-13-14(2)20-12-23(19(13)24)10-15-5-7-22(8-6-15)11-17-9-18(25-21-17)16-3-4-16/h9,12,15-16H,3-8,10-11H2,1-2H3. The summed E-state index contributed by atoms with van der Waals surface area (Å²) >= 11 is 0. The highest BCUT2D eigenvalue weighted by atomic mass is 16.5. The lowest BCUT2D eigenvalue weighted by Gasteiger charge is -2.31. The van der Waals surface area contributed by atoms with E-state index >= 15 is 0 Å². The Hall–Kier alpha value is -1.95. The fourth-order valence-corrected chi connectivity index (χ4v) is 3.60. The molecule has 2 aromatic heterocycles. The molecule has 2 fully saturated rings. The van der Waals surface area contributed by atoms with E-state index in [0.717, 1.165) is 61.7 Å². The molecule has 6 nitrogen and oxygen atoms in total. The van der Waals surface area contributed by atoms with Gasteiger partial charge >= 0.3 is 0 Å². The van der Waals surface area contributed by atoms with Crippen molar-refractivity contribution in [1.29, 1.82) is 0 Å². The number of aryl methyl sites for hydroxylation is 1. The van der Waals surface area contributed by atoms with Gasteiger partial charge in [-0.2, -0.15) is 0 Å². The number of hydrogen-bond acceptors (Lipinski definition) is 5. The Morgan fingerprint density at radius 2 is 1.96 bits per heavy atom. The molecule has 0 spiro atoms. The summed E-state index contributed by atoms with van der Waals surface area (Å²) in [5, 5.41) is 4.22. The first-order valence-corrected chi connectivity index (χ1v) is 9.30. The highest BCUT2D eigenvalue weighted by Gasteiger charge is 2.28. The van der Waals surface area contributed by atoms with Crippen LogP contribution in [0.2, 0.25) is 0 Å². The van der Waals surface area contributed by atoms with E-state index < -0.39 is 0 Å². The molecule has 0 atom stereocenters. The topological polar surface area (TPSA) is 64.2 Å².